The predicted octanol–water partition coefficient (Wildman–Crippen LogP) is 0.591. The van der Waals surface area contributed by atoms with Crippen molar-refractivity contribution >= 4 is 11.9 Å². The van der Waals surface area contributed by atoms with Gasteiger partial charge in [0, 0.05) is 12.5 Å². The summed E-state index contributed by atoms with van der Waals surface area (Å²) in [5.74, 6) is -1.58. The molecule has 1 amide bonds. The molecular weight excluding hydrogens is 210 g/mol. The molecule has 0 saturated carbocycles. The Morgan fingerprint density at radius 2 is 1.88 bits per heavy atom. The fourth-order valence-corrected chi connectivity index (χ4v) is 1.84. The van der Waals surface area contributed by atoms with Crippen molar-refractivity contribution in [2.24, 2.45) is 11.3 Å². The molecule has 0 aromatic heterocycles. The van der Waals surface area contributed by atoms with E-state index < -0.39 is 17.3 Å². The highest BCUT2D eigenvalue weighted by Gasteiger charge is 2.40. The number of nitrogens with zero attached hydrogens (tertiary/aromatic N) is 1. The molecule has 92 valence electrons. The minimum Gasteiger partial charge on any atom is -0.481 e. The number of hydrogen-bond donors (Lipinski definition) is 1. The quantitative estimate of drug-likeness (QED) is 0.752. The Kier molecular flexibility index (Phi) is 3.57. The Balaban J connectivity index is 2.77. The molecule has 0 radical (unpaired) electrons. The van der Waals surface area contributed by atoms with Gasteiger partial charge in [-0.2, -0.15) is 0 Å². The van der Waals surface area contributed by atoms with E-state index in [0.29, 0.717) is 6.61 Å². The van der Waals surface area contributed by atoms with Crippen molar-refractivity contribution in [2.45, 2.75) is 26.8 Å². The summed E-state index contributed by atoms with van der Waals surface area (Å²) in [5.41, 5.74) is -0.500. The minimum atomic E-state index is -0.906. The number of carbonyl (C=O) groups excluding carboxylic acids is 1. The highest BCUT2D eigenvalue weighted by atomic mass is 16.5. The van der Waals surface area contributed by atoms with Crippen LogP contribution in [-0.2, 0) is 14.3 Å². The summed E-state index contributed by atoms with van der Waals surface area (Å²) in [5, 5.41) is 9.00. The van der Waals surface area contributed by atoms with Crippen molar-refractivity contribution in [1.82, 2.24) is 4.90 Å². The number of carboxylic acids is 1. The summed E-state index contributed by atoms with van der Waals surface area (Å²) >= 11 is 0. The fourth-order valence-electron chi connectivity index (χ4n) is 1.84. The van der Waals surface area contributed by atoms with Crippen LogP contribution in [0.5, 0.6) is 0 Å². The maximum absolute atomic E-state index is 12.0. The molecule has 2 unspecified atom stereocenters. The van der Waals surface area contributed by atoms with E-state index >= 15 is 0 Å². The molecule has 0 aliphatic carbocycles. The average molecular weight is 229 g/mol. The van der Waals surface area contributed by atoms with E-state index in [1.807, 2.05) is 20.8 Å². The van der Waals surface area contributed by atoms with Crippen molar-refractivity contribution in [1.29, 1.82) is 0 Å². The van der Waals surface area contributed by atoms with Gasteiger partial charge in [-0.3, -0.25) is 9.59 Å². The number of aliphatic carboxylic acids is 1. The van der Waals surface area contributed by atoms with E-state index in [4.69, 9.17) is 9.84 Å². The maximum Gasteiger partial charge on any atom is 0.311 e. The summed E-state index contributed by atoms with van der Waals surface area (Å²) in [7, 11) is 1.64. The molecule has 0 aromatic carbocycles. The zero-order valence-corrected chi connectivity index (χ0v) is 10.2. The van der Waals surface area contributed by atoms with Gasteiger partial charge >= 0.3 is 5.97 Å². The van der Waals surface area contributed by atoms with E-state index in [-0.39, 0.29) is 18.6 Å². The lowest BCUT2D eigenvalue weighted by atomic mass is 9.92. The van der Waals surface area contributed by atoms with Crippen LogP contribution in [0.1, 0.15) is 20.8 Å². The summed E-state index contributed by atoms with van der Waals surface area (Å²) in [6, 6.07) is -0.357. The highest BCUT2D eigenvalue weighted by Crippen LogP contribution is 2.24. The minimum absolute atomic E-state index is 0.0609. The Hall–Kier alpha value is -1.10. The van der Waals surface area contributed by atoms with Gasteiger partial charge in [0.1, 0.15) is 5.92 Å². The zero-order valence-electron chi connectivity index (χ0n) is 10.2. The summed E-state index contributed by atoms with van der Waals surface area (Å²) in [4.78, 5) is 24.5. The molecule has 1 saturated heterocycles. The molecule has 1 N–H and O–H groups in total. The highest BCUT2D eigenvalue weighted by molar-refractivity contribution is 5.82. The number of hydrogen-bond acceptors (Lipinski definition) is 3. The number of carboxylic acid groups (broad SMARTS) is 1. The lowest BCUT2D eigenvalue weighted by Crippen LogP contribution is -2.48. The molecule has 2 atom stereocenters. The first-order valence-corrected chi connectivity index (χ1v) is 5.33. The van der Waals surface area contributed by atoms with Crippen LogP contribution in [0.3, 0.4) is 0 Å². The normalized spacial score (nSPS) is 25.5. The Morgan fingerprint density at radius 3 is 2.31 bits per heavy atom. The Bertz CT molecular complexity index is 295. The molecule has 5 nitrogen and oxygen atoms in total. The Labute approximate surface area is 95.4 Å². The predicted molar refractivity (Wildman–Crippen MR) is 58.0 cm³/mol. The Morgan fingerprint density at radius 1 is 1.31 bits per heavy atom. The van der Waals surface area contributed by atoms with Crippen LogP contribution < -0.4 is 0 Å². The number of amides is 1. The molecule has 1 aliphatic heterocycles. The van der Waals surface area contributed by atoms with Crippen LogP contribution in [0.2, 0.25) is 0 Å². The van der Waals surface area contributed by atoms with Crippen LogP contribution in [0, 0.1) is 11.3 Å². The molecule has 1 fully saturated rings. The molecule has 0 aromatic rings. The smallest absolute Gasteiger partial charge is 0.311 e. The second-order valence-corrected chi connectivity index (χ2v) is 5.22. The second kappa shape index (κ2) is 4.41. The number of ether oxygens (including phenoxy) is 1. The molecule has 5 heteroatoms. The summed E-state index contributed by atoms with van der Waals surface area (Å²) in [6.45, 7) is 5.93. The third-order valence-electron chi connectivity index (χ3n) is 2.83. The van der Waals surface area contributed by atoms with Gasteiger partial charge in [0.05, 0.1) is 19.3 Å². The standard InChI is InChI=1S/C11H19NO4/c1-11(2,3)10(15)12(4)8-6-16-5-7(8)9(13)14/h7-8H,5-6H2,1-4H3,(H,13,14). The van der Waals surface area contributed by atoms with Gasteiger partial charge in [-0.05, 0) is 0 Å². The monoisotopic (exact) mass is 229 g/mol. The molecule has 0 bridgehead atoms. The van der Waals surface area contributed by atoms with Crippen LogP contribution in [-0.4, -0.2) is 48.2 Å². The van der Waals surface area contributed by atoms with E-state index in [2.05, 4.69) is 0 Å². The third-order valence-corrected chi connectivity index (χ3v) is 2.83. The van der Waals surface area contributed by atoms with Gasteiger partial charge in [0.15, 0.2) is 0 Å². The molecular formula is C11H19NO4. The van der Waals surface area contributed by atoms with Crippen molar-refractivity contribution < 1.29 is 19.4 Å². The van der Waals surface area contributed by atoms with Gasteiger partial charge in [-0.25, -0.2) is 0 Å². The van der Waals surface area contributed by atoms with Crippen LogP contribution >= 0.6 is 0 Å². The SMILES string of the molecule is CN(C(=O)C(C)(C)C)C1COCC1C(=O)O. The zero-order chi connectivity index (χ0) is 12.5. The first kappa shape index (κ1) is 13.0. The first-order valence-electron chi connectivity index (χ1n) is 5.33. The van der Waals surface area contributed by atoms with Crippen molar-refractivity contribution in [3.8, 4) is 0 Å². The molecule has 16 heavy (non-hydrogen) atoms. The topological polar surface area (TPSA) is 66.8 Å². The average Bonchev–Trinajstić information content (AvgIpc) is 2.62. The van der Waals surface area contributed by atoms with Crippen molar-refractivity contribution in [3.63, 3.8) is 0 Å². The van der Waals surface area contributed by atoms with Gasteiger partial charge in [-0.15, -0.1) is 0 Å². The van der Waals surface area contributed by atoms with Gasteiger partial charge in [-0.1, -0.05) is 20.8 Å². The molecule has 1 heterocycles. The van der Waals surface area contributed by atoms with E-state index in [9.17, 15) is 9.59 Å². The van der Waals surface area contributed by atoms with Crippen LogP contribution in [0.4, 0.5) is 0 Å². The van der Waals surface area contributed by atoms with E-state index in [0.717, 1.165) is 0 Å². The number of rotatable bonds is 2. The van der Waals surface area contributed by atoms with Crippen LogP contribution in [0.25, 0.3) is 0 Å². The second-order valence-electron chi connectivity index (χ2n) is 5.22. The first-order chi connectivity index (χ1) is 7.25. The van der Waals surface area contributed by atoms with Crippen molar-refractivity contribution in [2.75, 3.05) is 20.3 Å². The molecule has 1 aliphatic rings. The summed E-state index contributed by atoms with van der Waals surface area (Å²) < 4.78 is 5.14. The van der Waals surface area contributed by atoms with Crippen molar-refractivity contribution in [3.05, 3.63) is 0 Å². The lowest BCUT2D eigenvalue weighted by Gasteiger charge is -2.31. The number of likely N-dealkylation sites (N-methyl/N-ethyl adjacent to an activating group) is 1. The largest absolute Gasteiger partial charge is 0.481 e. The molecule has 0 spiro atoms. The third kappa shape index (κ3) is 2.52. The van der Waals surface area contributed by atoms with Crippen LogP contribution in [0.15, 0.2) is 0 Å². The molecule has 1 rings (SSSR count). The maximum atomic E-state index is 12.0. The number of carbonyl (C=O) groups is 2. The van der Waals surface area contributed by atoms with E-state index in [1.165, 1.54) is 4.90 Å². The lowest BCUT2D eigenvalue weighted by molar-refractivity contribution is -0.146. The van der Waals surface area contributed by atoms with E-state index in [1.54, 1.807) is 7.05 Å². The summed E-state index contributed by atoms with van der Waals surface area (Å²) in [6.07, 6.45) is 0. The fraction of sp³-hybridized carbons (Fsp3) is 0.818. The van der Waals surface area contributed by atoms with Gasteiger partial charge in [0.25, 0.3) is 0 Å². The van der Waals surface area contributed by atoms with Gasteiger partial charge in [0.2, 0.25) is 5.91 Å². The van der Waals surface area contributed by atoms with Gasteiger partial charge < -0.3 is 14.7 Å².